The lowest BCUT2D eigenvalue weighted by Gasteiger charge is -2.31. The molecule has 4 rings (SSSR count). The molecule has 2 aromatic carbocycles. The quantitative estimate of drug-likeness (QED) is 0.396. The smallest absolute Gasteiger partial charge is 0.196 e. The highest BCUT2D eigenvalue weighted by atomic mass is 19.1. The van der Waals surface area contributed by atoms with Crippen molar-refractivity contribution in [3.05, 3.63) is 60.0 Å². The normalized spacial score (nSPS) is 16.9. The molecule has 1 aliphatic heterocycles. The highest BCUT2D eigenvalue weighted by molar-refractivity contribution is 5.79. The van der Waals surface area contributed by atoms with Gasteiger partial charge in [-0.3, -0.25) is 0 Å². The molecular weight excluding hydrogens is 371 g/mol. The van der Waals surface area contributed by atoms with E-state index in [0.29, 0.717) is 18.1 Å². The van der Waals surface area contributed by atoms with E-state index >= 15 is 0 Å². The Bertz CT molecular complexity index is 907. The fourth-order valence-corrected chi connectivity index (χ4v) is 3.92. The Morgan fingerprint density at radius 1 is 1.17 bits per heavy atom. The molecule has 0 spiro atoms. The predicted octanol–water partition coefficient (Wildman–Crippen LogP) is 4.98. The number of ether oxygens (including phenoxy) is 2. The molecule has 3 aromatic rings. The molecule has 1 unspecified atom stereocenters. The van der Waals surface area contributed by atoms with Crippen molar-refractivity contribution in [1.29, 1.82) is 0 Å². The fourth-order valence-electron chi connectivity index (χ4n) is 3.92. The number of nitrogens with zero attached hydrogens (tertiary/aromatic N) is 2. The monoisotopic (exact) mass is 398 g/mol. The van der Waals surface area contributed by atoms with E-state index < -0.39 is 0 Å². The number of likely N-dealkylation sites (tertiary alicyclic amines) is 1. The topological polar surface area (TPSA) is 47.7 Å². The van der Waals surface area contributed by atoms with Gasteiger partial charge in [-0.15, -0.1) is 0 Å². The number of fused-ring (bicyclic) bond motifs is 1. The number of benzene rings is 2. The Morgan fingerprint density at radius 3 is 2.76 bits per heavy atom. The Labute approximate surface area is 170 Å². The van der Waals surface area contributed by atoms with Crippen molar-refractivity contribution in [3.8, 4) is 5.75 Å². The van der Waals surface area contributed by atoms with Crippen molar-refractivity contribution < 1.29 is 18.4 Å². The summed E-state index contributed by atoms with van der Waals surface area (Å²) in [5.41, 5.74) is 1.50. The molecule has 0 aliphatic carbocycles. The lowest BCUT2D eigenvalue weighted by molar-refractivity contribution is -0.0688. The van der Waals surface area contributed by atoms with Crippen LogP contribution < -0.4 is 4.74 Å². The third-order valence-corrected chi connectivity index (χ3v) is 5.45. The van der Waals surface area contributed by atoms with Crippen LogP contribution in [0.25, 0.3) is 11.0 Å². The maximum atomic E-state index is 13.3. The molecule has 0 N–H and O–H groups in total. The SMILES string of the molecule is CC(OCCCN1CCC(c2noc3cc(F)ccc23)CC1)Oc1ccccc1. The molecular formula is C23H27FN2O3. The number of aromatic nitrogens is 1. The number of piperidine rings is 1. The van der Waals surface area contributed by atoms with Crippen molar-refractivity contribution >= 4 is 11.0 Å². The fraction of sp³-hybridized carbons (Fsp3) is 0.435. The summed E-state index contributed by atoms with van der Waals surface area (Å²) in [4.78, 5) is 2.46. The summed E-state index contributed by atoms with van der Waals surface area (Å²) in [7, 11) is 0. The number of hydrogen-bond donors (Lipinski definition) is 0. The molecule has 0 bridgehead atoms. The summed E-state index contributed by atoms with van der Waals surface area (Å²) in [6.45, 7) is 5.65. The summed E-state index contributed by atoms with van der Waals surface area (Å²) in [5, 5.41) is 5.16. The van der Waals surface area contributed by atoms with Gasteiger partial charge in [0, 0.05) is 23.9 Å². The summed E-state index contributed by atoms with van der Waals surface area (Å²) in [5.74, 6) is 0.902. The van der Waals surface area contributed by atoms with E-state index in [-0.39, 0.29) is 12.1 Å². The van der Waals surface area contributed by atoms with E-state index in [0.717, 1.165) is 55.7 Å². The molecule has 1 fully saturated rings. The molecule has 6 heteroatoms. The number of rotatable bonds is 8. The standard InChI is InChI=1S/C23H27FN2O3/c1-17(28-20-6-3-2-4-7-20)27-15-5-12-26-13-10-18(11-14-26)23-21-9-8-19(24)16-22(21)29-25-23/h2-4,6-9,16-18H,5,10-15H2,1H3. The summed E-state index contributed by atoms with van der Waals surface area (Å²) < 4.78 is 30.2. The molecule has 0 saturated carbocycles. The summed E-state index contributed by atoms with van der Waals surface area (Å²) in [6, 6.07) is 14.4. The van der Waals surface area contributed by atoms with Gasteiger partial charge in [-0.2, -0.15) is 0 Å². The van der Waals surface area contributed by atoms with Crippen molar-refractivity contribution in [2.45, 2.75) is 38.4 Å². The lowest BCUT2D eigenvalue weighted by atomic mass is 9.91. The predicted molar refractivity (Wildman–Crippen MR) is 109 cm³/mol. The van der Waals surface area contributed by atoms with E-state index in [9.17, 15) is 4.39 Å². The van der Waals surface area contributed by atoms with E-state index in [1.54, 1.807) is 6.07 Å². The zero-order valence-electron chi connectivity index (χ0n) is 16.7. The Kier molecular flexibility index (Phi) is 6.42. The van der Waals surface area contributed by atoms with Crippen molar-refractivity contribution in [2.24, 2.45) is 0 Å². The first kappa shape index (κ1) is 19.9. The van der Waals surface area contributed by atoms with Crippen LogP contribution in [0, 0.1) is 5.82 Å². The average molecular weight is 398 g/mol. The third-order valence-electron chi connectivity index (χ3n) is 5.45. The maximum Gasteiger partial charge on any atom is 0.196 e. The van der Waals surface area contributed by atoms with Gasteiger partial charge in [0.2, 0.25) is 0 Å². The van der Waals surface area contributed by atoms with E-state index in [1.165, 1.54) is 12.1 Å². The molecule has 1 aliphatic rings. The van der Waals surface area contributed by atoms with Crippen LogP contribution in [-0.2, 0) is 4.74 Å². The zero-order chi connectivity index (χ0) is 20.1. The second-order valence-electron chi connectivity index (χ2n) is 7.55. The van der Waals surface area contributed by atoms with Crippen LogP contribution in [0.2, 0.25) is 0 Å². The Balaban J connectivity index is 1.17. The molecule has 0 amide bonds. The number of halogens is 1. The second-order valence-corrected chi connectivity index (χ2v) is 7.55. The molecule has 0 radical (unpaired) electrons. The van der Waals surface area contributed by atoms with Crippen molar-refractivity contribution in [3.63, 3.8) is 0 Å². The molecule has 29 heavy (non-hydrogen) atoms. The van der Waals surface area contributed by atoms with Crippen LogP contribution in [0.1, 0.15) is 37.8 Å². The summed E-state index contributed by atoms with van der Waals surface area (Å²) >= 11 is 0. The molecule has 1 saturated heterocycles. The molecule has 5 nitrogen and oxygen atoms in total. The highest BCUT2D eigenvalue weighted by Gasteiger charge is 2.25. The average Bonchev–Trinajstić information content (AvgIpc) is 3.15. The number of para-hydroxylation sites is 1. The van der Waals surface area contributed by atoms with Gasteiger partial charge in [-0.05, 0) is 63.5 Å². The lowest BCUT2D eigenvalue weighted by Crippen LogP contribution is -2.34. The van der Waals surface area contributed by atoms with Crippen LogP contribution in [0.5, 0.6) is 5.75 Å². The van der Waals surface area contributed by atoms with Gasteiger partial charge < -0.3 is 18.9 Å². The van der Waals surface area contributed by atoms with Crippen LogP contribution in [0.4, 0.5) is 4.39 Å². The first-order valence-electron chi connectivity index (χ1n) is 10.3. The molecule has 154 valence electrons. The van der Waals surface area contributed by atoms with Gasteiger partial charge in [0.05, 0.1) is 12.3 Å². The number of hydrogen-bond acceptors (Lipinski definition) is 5. The first-order valence-corrected chi connectivity index (χ1v) is 10.3. The minimum Gasteiger partial charge on any atom is -0.465 e. The largest absolute Gasteiger partial charge is 0.465 e. The zero-order valence-corrected chi connectivity index (χ0v) is 16.7. The van der Waals surface area contributed by atoms with Crippen molar-refractivity contribution in [2.75, 3.05) is 26.2 Å². The highest BCUT2D eigenvalue weighted by Crippen LogP contribution is 2.32. The minimum absolute atomic E-state index is 0.256. The maximum absolute atomic E-state index is 13.3. The van der Waals surface area contributed by atoms with Gasteiger partial charge in [0.15, 0.2) is 11.9 Å². The van der Waals surface area contributed by atoms with E-state index in [1.807, 2.05) is 37.3 Å². The van der Waals surface area contributed by atoms with Gasteiger partial charge >= 0.3 is 0 Å². The molecule has 1 aromatic heterocycles. The molecule has 2 heterocycles. The second kappa shape index (κ2) is 9.37. The summed E-state index contributed by atoms with van der Waals surface area (Å²) in [6.07, 6.45) is 2.79. The van der Waals surface area contributed by atoms with E-state index in [2.05, 4.69) is 10.1 Å². The van der Waals surface area contributed by atoms with Crippen LogP contribution in [0.15, 0.2) is 53.1 Å². The van der Waals surface area contributed by atoms with E-state index in [4.69, 9.17) is 14.0 Å². The van der Waals surface area contributed by atoms with Crippen LogP contribution in [-0.4, -0.2) is 42.6 Å². The Morgan fingerprint density at radius 2 is 1.97 bits per heavy atom. The van der Waals surface area contributed by atoms with Crippen LogP contribution >= 0.6 is 0 Å². The van der Waals surface area contributed by atoms with Gasteiger partial charge in [-0.1, -0.05) is 23.4 Å². The van der Waals surface area contributed by atoms with Gasteiger partial charge in [0.1, 0.15) is 11.6 Å². The van der Waals surface area contributed by atoms with Gasteiger partial charge in [-0.25, -0.2) is 4.39 Å². The minimum atomic E-state index is -0.291. The van der Waals surface area contributed by atoms with Gasteiger partial charge in [0.25, 0.3) is 0 Å². The third kappa shape index (κ3) is 5.14. The first-order chi connectivity index (χ1) is 14.2. The van der Waals surface area contributed by atoms with Crippen molar-refractivity contribution in [1.82, 2.24) is 10.1 Å². The molecule has 1 atom stereocenters. The van der Waals surface area contributed by atoms with Crippen LogP contribution in [0.3, 0.4) is 0 Å². The Hall–Kier alpha value is -2.44.